The summed E-state index contributed by atoms with van der Waals surface area (Å²) in [6, 6.07) is 15.3. The van der Waals surface area contributed by atoms with E-state index in [-0.39, 0.29) is 11.2 Å². The van der Waals surface area contributed by atoms with Crippen molar-refractivity contribution in [1.29, 1.82) is 5.26 Å². The standard InChI is InChI=1S/C18H14FN3OS/c19-14-8-2-4-10-16(14)22-17(23)13-7-1-3-9-15(13)21-18(22)24-12-6-5-11-20/h1-4,7-10H,5-6,12H2. The van der Waals surface area contributed by atoms with Crippen molar-refractivity contribution >= 4 is 22.7 Å². The summed E-state index contributed by atoms with van der Waals surface area (Å²) >= 11 is 1.35. The number of aromatic nitrogens is 2. The lowest BCUT2D eigenvalue weighted by Crippen LogP contribution is -2.22. The van der Waals surface area contributed by atoms with Crippen molar-refractivity contribution in [2.24, 2.45) is 0 Å². The molecule has 3 aromatic rings. The monoisotopic (exact) mass is 339 g/mol. The van der Waals surface area contributed by atoms with Crippen LogP contribution in [0, 0.1) is 17.1 Å². The molecule has 4 nitrogen and oxygen atoms in total. The number of unbranched alkanes of at least 4 members (excludes halogenated alkanes) is 1. The first-order chi connectivity index (χ1) is 11.7. The fourth-order valence-corrected chi connectivity index (χ4v) is 3.31. The molecule has 0 saturated carbocycles. The highest BCUT2D eigenvalue weighted by atomic mass is 32.2. The Kier molecular flexibility index (Phi) is 4.92. The first-order valence-corrected chi connectivity index (χ1v) is 8.47. The lowest BCUT2D eigenvalue weighted by atomic mass is 10.2. The Morgan fingerprint density at radius 2 is 1.92 bits per heavy atom. The molecule has 1 heterocycles. The zero-order valence-electron chi connectivity index (χ0n) is 12.8. The van der Waals surface area contributed by atoms with Crippen LogP contribution in [0.15, 0.2) is 58.5 Å². The Morgan fingerprint density at radius 3 is 2.71 bits per heavy atom. The van der Waals surface area contributed by atoms with Crippen LogP contribution >= 0.6 is 11.8 Å². The fourth-order valence-electron chi connectivity index (χ4n) is 2.37. The van der Waals surface area contributed by atoms with E-state index < -0.39 is 5.82 Å². The Bertz CT molecular complexity index is 978. The molecular weight excluding hydrogens is 325 g/mol. The number of hydrogen-bond acceptors (Lipinski definition) is 4. The maximum atomic E-state index is 14.2. The molecule has 120 valence electrons. The van der Waals surface area contributed by atoms with Crippen LogP contribution in [-0.2, 0) is 0 Å². The average Bonchev–Trinajstić information content (AvgIpc) is 2.60. The molecular formula is C18H14FN3OS. The normalized spacial score (nSPS) is 10.7. The van der Waals surface area contributed by atoms with Gasteiger partial charge in [-0.05, 0) is 30.7 Å². The Balaban J connectivity index is 2.17. The van der Waals surface area contributed by atoms with Gasteiger partial charge < -0.3 is 0 Å². The van der Waals surface area contributed by atoms with Crippen LogP contribution in [0.4, 0.5) is 4.39 Å². The van der Waals surface area contributed by atoms with Gasteiger partial charge in [-0.15, -0.1) is 0 Å². The molecule has 0 aliphatic rings. The van der Waals surface area contributed by atoms with Crippen molar-refractivity contribution in [3.8, 4) is 11.8 Å². The SMILES string of the molecule is N#CCCCSc1nc2ccccc2c(=O)n1-c1ccccc1F. The zero-order valence-corrected chi connectivity index (χ0v) is 13.6. The second kappa shape index (κ2) is 7.28. The molecule has 0 saturated heterocycles. The van der Waals surface area contributed by atoms with E-state index in [0.717, 1.165) is 0 Å². The quantitative estimate of drug-likeness (QED) is 0.402. The van der Waals surface area contributed by atoms with E-state index in [0.29, 0.717) is 34.7 Å². The number of rotatable bonds is 5. The molecule has 0 spiro atoms. The van der Waals surface area contributed by atoms with Crippen molar-refractivity contribution in [2.45, 2.75) is 18.0 Å². The van der Waals surface area contributed by atoms with Crippen LogP contribution in [-0.4, -0.2) is 15.3 Å². The number of halogens is 1. The number of nitrogens with zero attached hydrogens (tertiary/aromatic N) is 3. The molecule has 0 unspecified atom stereocenters. The third kappa shape index (κ3) is 3.17. The molecule has 3 rings (SSSR count). The van der Waals surface area contributed by atoms with Crippen molar-refractivity contribution in [1.82, 2.24) is 9.55 Å². The molecule has 0 amide bonds. The largest absolute Gasteiger partial charge is 0.268 e. The smallest absolute Gasteiger partial charge is 0.266 e. The van der Waals surface area contributed by atoms with Gasteiger partial charge in [0.05, 0.1) is 22.7 Å². The predicted octanol–water partition coefficient (Wildman–Crippen LogP) is 3.92. The van der Waals surface area contributed by atoms with E-state index in [9.17, 15) is 9.18 Å². The van der Waals surface area contributed by atoms with E-state index in [1.807, 2.05) is 6.07 Å². The van der Waals surface area contributed by atoms with Gasteiger partial charge in [0.25, 0.3) is 5.56 Å². The molecule has 0 fully saturated rings. The van der Waals surface area contributed by atoms with Gasteiger partial charge in [0.15, 0.2) is 5.16 Å². The number of benzene rings is 2. The molecule has 0 bridgehead atoms. The minimum Gasteiger partial charge on any atom is -0.268 e. The second-order valence-corrected chi connectivity index (χ2v) is 6.18. The van der Waals surface area contributed by atoms with Crippen molar-refractivity contribution in [3.05, 3.63) is 64.7 Å². The summed E-state index contributed by atoms with van der Waals surface area (Å²) in [6.07, 6.45) is 1.12. The summed E-state index contributed by atoms with van der Waals surface area (Å²) in [5.41, 5.74) is 0.467. The number of hydrogen-bond donors (Lipinski definition) is 0. The third-order valence-corrected chi connectivity index (χ3v) is 4.53. The first-order valence-electron chi connectivity index (χ1n) is 7.49. The van der Waals surface area contributed by atoms with Gasteiger partial charge in [-0.3, -0.25) is 9.36 Å². The summed E-state index contributed by atoms with van der Waals surface area (Å²) in [5.74, 6) is 0.155. The second-order valence-electron chi connectivity index (χ2n) is 5.11. The fraction of sp³-hybridized carbons (Fsp3) is 0.167. The summed E-state index contributed by atoms with van der Waals surface area (Å²) < 4.78 is 15.6. The van der Waals surface area contributed by atoms with Crippen LogP contribution in [0.25, 0.3) is 16.6 Å². The topological polar surface area (TPSA) is 58.7 Å². The number of fused-ring (bicyclic) bond motifs is 1. The summed E-state index contributed by atoms with van der Waals surface area (Å²) in [7, 11) is 0. The van der Waals surface area contributed by atoms with Crippen LogP contribution in [0.5, 0.6) is 0 Å². The molecule has 0 atom stereocenters. The van der Waals surface area contributed by atoms with Gasteiger partial charge in [-0.2, -0.15) is 5.26 Å². The molecule has 1 aromatic heterocycles. The van der Waals surface area contributed by atoms with Gasteiger partial charge in [0.2, 0.25) is 0 Å². The van der Waals surface area contributed by atoms with Crippen LogP contribution < -0.4 is 5.56 Å². The highest BCUT2D eigenvalue weighted by Gasteiger charge is 2.15. The van der Waals surface area contributed by atoms with Gasteiger partial charge in [0.1, 0.15) is 5.82 Å². The minimum atomic E-state index is -0.476. The van der Waals surface area contributed by atoms with E-state index >= 15 is 0 Å². The number of para-hydroxylation sites is 2. The van der Waals surface area contributed by atoms with Gasteiger partial charge in [-0.1, -0.05) is 36.0 Å². The highest BCUT2D eigenvalue weighted by molar-refractivity contribution is 7.99. The minimum absolute atomic E-state index is 0.184. The average molecular weight is 339 g/mol. The van der Waals surface area contributed by atoms with Gasteiger partial charge >= 0.3 is 0 Å². The molecule has 24 heavy (non-hydrogen) atoms. The van der Waals surface area contributed by atoms with Crippen LogP contribution in [0.3, 0.4) is 0 Å². The lowest BCUT2D eigenvalue weighted by molar-refractivity contribution is 0.608. The van der Waals surface area contributed by atoms with Gasteiger partial charge in [-0.25, -0.2) is 9.37 Å². The number of thioether (sulfide) groups is 1. The highest BCUT2D eigenvalue weighted by Crippen LogP contribution is 2.23. The maximum absolute atomic E-state index is 14.2. The first kappa shape index (κ1) is 16.2. The number of nitriles is 1. The summed E-state index contributed by atoms with van der Waals surface area (Å²) in [4.78, 5) is 17.4. The maximum Gasteiger partial charge on any atom is 0.266 e. The Hall–Kier alpha value is -2.65. The van der Waals surface area contributed by atoms with Crippen LogP contribution in [0.2, 0.25) is 0 Å². The third-order valence-electron chi connectivity index (χ3n) is 3.50. The van der Waals surface area contributed by atoms with E-state index in [1.54, 1.807) is 36.4 Å². The zero-order chi connectivity index (χ0) is 16.9. The molecule has 0 aliphatic carbocycles. The van der Waals surface area contributed by atoms with E-state index in [1.165, 1.54) is 22.4 Å². The molecule has 6 heteroatoms. The predicted molar refractivity (Wildman–Crippen MR) is 92.9 cm³/mol. The van der Waals surface area contributed by atoms with Crippen molar-refractivity contribution in [3.63, 3.8) is 0 Å². The molecule has 2 aromatic carbocycles. The lowest BCUT2D eigenvalue weighted by Gasteiger charge is -2.13. The summed E-state index contributed by atoms with van der Waals surface area (Å²) in [5, 5.41) is 9.52. The van der Waals surface area contributed by atoms with E-state index in [2.05, 4.69) is 11.1 Å². The molecule has 0 aliphatic heterocycles. The van der Waals surface area contributed by atoms with Crippen molar-refractivity contribution < 1.29 is 4.39 Å². The molecule has 0 N–H and O–H groups in total. The van der Waals surface area contributed by atoms with Crippen LogP contribution in [0.1, 0.15) is 12.8 Å². The Labute approximate surface area is 142 Å². The molecule has 0 radical (unpaired) electrons. The Morgan fingerprint density at radius 1 is 1.17 bits per heavy atom. The van der Waals surface area contributed by atoms with E-state index in [4.69, 9.17) is 5.26 Å². The van der Waals surface area contributed by atoms with Crippen molar-refractivity contribution in [2.75, 3.05) is 5.75 Å². The van der Waals surface area contributed by atoms with Gasteiger partial charge in [0, 0.05) is 12.2 Å². The summed E-state index contributed by atoms with van der Waals surface area (Å²) in [6.45, 7) is 0.